The number of allylic oxidation sites excluding steroid dienone is 4. The van der Waals surface area contributed by atoms with Crippen LogP contribution >= 0.6 is 0 Å². The molecule has 10 heteroatoms. The number of ketones is 2. The van der Waals surface area contributed by atoms with E-state index in [1.54, 1.807) is 6.92 Å². The molecule has 9 nitrogen and oxygen atoms in total. The van der Waals surface area contributed by atoms with Gasteiger partial charge in [0.1, 0.15) is 12.7 Å². The number of carbonyl (C=O) groups excluding carboxylic acids is 3. The lowest BCUT2D eigenvalue weighted by Crippen LogP contribution is -2.70. The highest BCUT2D eigenvalue weighted by atomic mass is 19.1. The van der Waals surface area contributed by atoms with E-state index in [0.717, 1.165) is 0 Å². The molecule has 192 valence electrons. The number of carboxylic acid groups (broad SMARTS) is 1. The fraction of sp³-hybridized carbons (Fsp3) is 0.680. The van der Waals surface area contributed by atoms with Gasteiger partial charge in [-0.3, -0.25) is 19.2 Å². The molecule has 3 saturated carbocycles. The van der Waals surface area contributed by atoms with Crippen LogP contribution in [0.3, 0.4) is 0 Å². The minimum Gasteiger partial charge on any atom is -0.481 e. The normalized spacial score (nSPS) is 44.1. The summed E-state index contributed by atoms with van der Waals surface area (Å²) in [6.45, 7) is 2.12. The Balaban J connectivity index is 1.83. The Morgan fingerprint density at radius 1 is 1.20 bits per heavy atom. The summed E-state index contributed by atoms with van der Waals surface area (Å²) in [5, 5.41) is 40.7. The van der Waals surface area contributed by atoms with E-state index in [1.165, 1.54) is 25.2 Å². The number of hydrogen-bond donors (Lipinski definition) is 4. The quantitative estimate of drug-likeness (QED) is 0.396. The molecule has 4 aliphatic carbocycles. The molecule has 0 spiro atoms. The molecule has 0 aromatic heterocycles. The molecule has 0 radical (unpaired) electrons. The fourth-order valence-electron chi connectivity index (χ4n) is 7.37. The van der Waals surface area contributed by atoms with Gasteiger partial charge in [0.2, 0.25) is 0 Å². The maximum atomic E-state index is 17.7. The summed E-state index contributed by atoms with van der Waals surface area (Å²) in [5.41, 5.74) is -6.87. The molecule has 0 amide bonds. The number of carbonyl (C=O) groups is 4. The average molecular weight is 495 g/mol. The molecule has 8 atom stereocenters. The van der Waals surface area contributed by atoms with Gasteiger partial charge in [0.15, 0.2) is 22.8 Å². The summed E-state index contributed by atoms with van der Waals surface area (Å²) in [5.74, 6) is -5.01. The average Bonchev–Trinajstić information content (AvgIpc) is 3.00. The molecule has 0 aromatic rings. The zero-order valence-electron chi connectivity index (χ0n) is 19.7. The summed E-state index contributed by atoms with van der Waals surface area (Å²) >= 11 is 0. The Bertz CT molecular complexity index is 1040. The van der Waals surface area contributed by atoms with E-state index >= 15 is 4.39 Å². The number of Topliss-reactive ketones (excluding diaryl/α,β-unsaturated/α-hetero) is 1. The van der Waals surface area contributed by atoms with Crippen molar-refractivity contribution in [3.8, 4) is 0 Å². The van der Waals surface area contributed by atoms with Crippen LogP contribution in [0.15, 0.2) is 23.8 Å². The first kappa shape index (κ1) is 25.7. The second-order valence-electron chi connectivity index (χ2n) is 10.7. The second-order valence-corrected chi connectivity index (χ2v) is 10.7. The smallest absolute Gasteiger partial charge is 0.306 e. The summed E-state index contributed by atoms with van der Waals surface area (Å²) in [6.07, 6.45) is 0.175. The van der Waals surface area contributed by atoms with Crippen LogP contribution in [0.5, 0.6) is 0 Å². The van der Waals surface area contributed by atoms with Crippen LogP contribution in [0.4, 0.5) is 4.39 Å². The Morgan fingerprint density at radius 2 is 1.89 bits per heavy atom. The summed E-state index contributed by atoms with van der Waals surface area (Å²) < 4.78 is 23.2. The highest BCUT2D eigenvalue weighted by Gasteiger charge is 2.77. The van der Waals surface area contributed by atoms with Crippen molar-refractivity contribution in [1.82, 2.24) is 0 Å². The number of hydrogen-bond acceptors (Lipinski definition) is 8. The van der Waals surface area contributed by atoms with Gasteiger partial charge in [-0.15, -0.1) is 0 Å². The van der Waals surface area contributed by atoms with Crippen molar-refractivity contribution in [2.24, 2.45) is 22.7 Å². The highest BCUT2D eigenvalue weighted by Crippen LogP contribution is 2.70. The van der Waals surface area contributed by atoms with Gasteiger partial charge in [-0.2, -0.15) is 0 Å². The molecule has 4 N–H and O–H groups in total. The molecule has 0 aromatic carbocycles. The van der Waals surface area contributed by atoms with Crippen molar-refractivity contribution in [1.29, 1.82) is 0 Å². The predicted molar refractivity (Wildman–Crippen MR) is 118 cm³/mol. The maximum absolute atomic E-state index is 17.7. The minimum atomic E-state index is -2.38. The Kier molecular flexibility index (Phi) is 6.09. The molecule has 0 saturated heterocycles. The number of rotatable bonds is 6. The van der Waals surface area contributed by atoms with E-state index in [0.29, 0.717) is 12.0 Å². The summed E-state index contributed by atoms with van der Waals surface area (Å²) in [7, 11) is 0. The number of ether oxygens (including phenoxy) is 1. The van der Waals surface area contributed by atoms with E-state index in [1.807, 2.05) is 0 Å². The zero-order chi connectivity index (χ0) is 26.0. The first-order valence-electron chi connectivity index (χ1n) is 11.8. The van der Waals surface area contributed by atoms with Crippen LogP contribution in [0.25, 0.3) is 0 Å². The summed E-state index contributed by atoms with van der Waals surface area (Å²) in [4.78, 5) is 48.3. The second kappa shape index (κ2) is 8.31. The van der Waals surface area contributed by atoms with E-state index in [4.69, 9.17) is 9.84 Å². The third-order valence-corrected chi connectivity index (χ3v) is 9.22. The Morgan fingerprint density at radius 3 is 2.51 bits per heavy atom. The summed E-state index contributed by atoms with van der Waals surface area (Å²) in [6, 6.07) is 0. The van der Waals surface area contributed by atoms with Crippen LogP contribution in [-0.4, -0.2) is 74.0 Å². The third kappa shape index (κ3) is 3.37. The molecule has 3 fully saturated rings. The van der Waals surface area contributed by atoms with Crippen molar-refractivity contribution in [3.63, 3.8) is 0 Å². The molecule has 0 unspecified atom stereocenters. The van der Waals surface area contributed by atoms with Gasteiger partial charge in [0.25, 0.3) is 0 Å². The van der Waals surface area contributed by atoms with Crippen molar-refractivity contribution >= 4 is 23.5 Å². The number of alkyl halides is 1. The lowest BCUT2D eigenvalue weighted by Gasteiger charge is -2.62. The molecule has 35 heavy (non-hydrogen) atoms. The highest BCUT2D eigenvalue weighted by molar-refractivity contribution is 6.01. The standard InChI is InChI=1S/C25H31FO9/c1-22-8-7-14(28)9-13(22)3-4-15-16-10-17(29)25(34,18(30)12-27)23(16,2)11-19(24(15,22)26)35-21(33)6-5-20(31)32/h7-9,15-17,19,27,29,34H,3-6,10-12H2,1-2H3,(H,31,32)/t15-,16-,17+,19-,22-,23-,24-,25-/m0/s1. The molecule has 0 heterocycles. The largest absolute Gasteiger partial charge is 0.481 e. The Hall–Kier alpha value is -2.43. The number of aliphatic hydroxyl groups is 3. The number of carboxylic acids is 1. The first-order chi connectivity index (χ1) is 16.3. The first-order valence-corrected chi connectivity index (χ1v) is 11.8. The van der Waals surface area contributed by atoms with E-state index in [9.17, 15) is 34.5 Å². The number of halogens is 1. The van der Waals surface area contributed by atoms with Crippen LogP contribution in [0, 0.1) is 22.7 Å². The van der Waals surface area contributed by atoms with Crippen molar-refractivity contribution < 1.29 is 48.7 Å². The SMILES string of the molecule is C[C@]12C=CC(=O)C=C1CC[C@H]1[C@@H]3C[C@@H](O)[C@](O)(C(=O)CO)[C@@]3(C)C[C@H](OC(=O)CCC(=O)O)[C@@]12F. The molecular formula is C25H31FO9. The molecule has 4 rings (SSSR count). The monoisotopic (exact) mass is 494 g/mol. The van der Waals surface area contributed by atoms with E-state index in [2.05, 4.69) is 0 Å². The van der Waals surface area contributed by atoms with Gasteiger partial charge < -0.3 is 25.2 Å². The van der Waals surface area contributed by atoms with Gasteiger partial charge in [-0.05, 0) is 50.7 Å². The number of fused-ring (bicyclic) bond motifs is 5. The van der Waals surface area contributed by atoms with Crippen molar-refractivity contribution in [2.45, 2.75) is 75.9 Å². The van der Waals surface area contributed by atoms with Crippen LogP contribution in [0.2, 0.25) is 0 Å². The third-order valence-electron chi connectivity index (χ3n) is 9.22. The molecular weight excluding hydrogens is 463 g/mol. The number of aliphatic carboxylic acids is 1. The minimum absolute atomic E-state index is 0.0907. The van der Waals surface area contributed by atoms with Gasteiger partial charge in [-0.25, -0.2) is 4.39 Å². The lowest BCUT2D eigenvalue weighted by molar-refractivity contribution is -0.232. The maximum Gasteiger partial charge on any atom is 0.306 e. The molecule has 4 aliphatic rings. The van der Waals surface area contributed by atoms with Crippen LogP contribution in [0.1, 0.15) is 52.4 Å². The van der Waals surface area contributed by atoms with Crippen LogP contribution < -0.4 is 0 Å². The van der Waals surface area contributed by atoms with Gasteiger partial charge in [-0.1, -0.05) is 18.6 Å². The number of esters is 1. The van der Waals surface area contributed by atoms with Crippen LogP contribution in [-0.2, 0) is 23.9 Å². The molecule has 0 bridgehead atoms. The van der Waals surface area contributed by atoms with Gasteiger partial charge in [0, 0.05) is 16.7 Å². The van der Waals surface area contributed by atoms with Gasteiger partial charge in [0.05, 0.1) is 18.9 Å². The molecule has 0 aliphatic heterocycles. The van der Waals surface area contributed by atoms with Crippen molar-refractivity contribution in [2.75, 3.05) is 6.61 Å². The predicted octanol–water partition coefficient (Wildman–Crippen LogP) is 1.04. The topological polar surface area (TPSA) is 158 Å². The Labute approximate surface area is 201 Å². The van der Waals surface area contributed by atoms with E-state index in [-0.39, 0.29) is 25.0 Å². The van der Waals surface area contributed by atoms with Gasteiger partial charge >= 0.3 is 11.9 Å². The fourth-order valence-corrected chi connectivity index (χ4v) is 7.37. The number of aliphatic hydroxyl groups excluding tert-OH is 2. The van der Waals surface area contributed by atoms with E-state index < -0.39 is 83.3 Å². The lowest BCUT2D eigenvalue weighted by atomic mass is 9.44. The van der Waals surface area contributed by atoms with Crippen molar-refractivity contribution in [3.05, 3.63) is 23.8 Å². The zero-order valence-corrected chi connectivity index (χ0v) is 19.7.